The Morgan fingerprint density at radius 1 is 0.769 bits per heavy atom. The van der Waals surface area contributed by atoms with Gasteiger partial charge in [0.2, 0.25) is 0 Å². The Bertz CT molecular complexity index is 767. The van der Waals surface area contributed by atoms with E-state index in [1.165, 1.54) is 83.5 Å². The van der Waals surface area contributed by atoms with Crippen LogP contribution in [0.3, 0.4) is 0 Å². The molecule has 0 N–H and O–H groups in total. The summed E-state index contributed by atoms with van der Waals surface area (Å²) in [6.45, 7) is 8.97. The van der Waals surface area contributed by atoms with Crippen LogP contribution in [0.15, 0.2) is 36.7 Å². The van der Waals surface area contributed by atoms with Gasteiger partial charge in [-0.1, -0.05) is 103 Å². The first-order valence-electron chi connectivity index (χ1n) is 15.6. The Hall–Kier alpha value is -2.05. The molecule has 0 saturated carbocycles. The van der Waals surface area contributed by atoms with Crippen LogP contribution in [0.1, 0.15) is 120 Å². The molecule has 0 aromatic heterocycles. The number of nitrogens with zero attached hydrogens (tertiary/aromatic N) is 2. The van der Waals surface area contributed by atoms with Crippen molar-refractivity contribution in [2.24, 2.45) is 0 Å². The molecular formula is C33H55N2O4. The summed E-state index contributed by atoms with van der Waals surface area (Å²) < 4.78 is 17.1. The van der Waals surface area contributed by atoms with Crippen molar-refractivity contribution >= 4 is 5.97 Å². The highest BCUT2D eigenvalue weighted by Crippen LogP contribution is 2.15. The van der Waals surface area contributed by atoms with E-state index in [9.17, 15) is 4.79 Å². The molecule has 6 heteroatoms. The van der Waals surface area contributed by atoms with E-state index in [-0.39, 0.29) is 18.7 Å². The summed E-state index contributed by atoms with van der Waals surface area (Å²) in [6.07, 6.45) is 22.7. The first-order valence-corrected chi connectivity index (χ1v) is 15.6. The Balaban J connectivity index is 1.47. The summed E-state index contributed by atoms with van der Waals surface area (Å²) in [5.41, 5.74) is 1.68. The molecular weight excluding hydrogens is 488 g/mol. The second-order valence-electron chi connectivity index (χ2n) is 10.8. The number of carbonyl (C=O) groups excluding carboxylic acids is 1. The molecule has 0 saturated heterocycles. The molecule has 1 aromatic carbocycles. The molecule has 2 rings (SSSR count). The van der Waals surface area contributed by atoms with E-state index in [0.29, 0.717) is 18.8 Å². The Morgan fingerprint density at radius 2 is 1.36 bits per heavy atom. The standard InChI is InChI=1S/C33H55N2O4/c1-4-6-7-8-9-10-11-12-13-14-15-16-17-18-25-37-27-32(38-5-2)28-39-33(36)31-21-19-30(20-22-31)26-35-24-23-34(3)29-35/h19-24,29,32H,4-18,25-28H2,1-3H3. The summed E-state index contributed by atoms with van der Waals surface area (Å²) >= 11 is 0. The maximum atomic E-state index is 12.5. The molecule has 0 amide bonds. The molecule has 1 radical (unpaired) electrons. The van der Waals surface area contributed by atoms with Gasteiger partial charge < -0.3 is 24.0 Å². The lowest BCUT2D eigenvalue weighted by Crippen LogP contribution is -2.27. The van der Waals surface area contributed by atoms with Crippen LogP contribution < -0.4 is 0 Å². The fourth-order valence-electron chi connectivity index (χ4n) is 4.80. The second kappa shape index (κ2) is 21.7. The number of esters is 1. The average Bonchev–Trinajstić information content (AvgIpc) is 3.35. The third-order valence-corrected chi connectivity index (χ3v) is 7.13. The van der Waals surface area contributed by atoms with Gasteiger partial charge in [-0.3, -0.25) is 0 Å². The second-order valence-corrected chi connectivity index (χ2v) is 10.8. The Kier molecular flexibility index (Phi) is 18.5. The molecule has 1 atom stereocenters. The van der Waals surface area contributed by atoms with E-state index in [4.69, 9.17) is 14.2 Å². The van der Waals surface area contributed by atoms with E-state index in [0.717, 1.165) is 25.1 Å². The maximum absolute atomic E-state index is 12.5. The lowest BCUT2D eigenvalue weighted by atomic mass is 10.0. The Labute approximate surface area is 239 Å². The third-order valence-electron chi connectivity index (χ3n) is 7.13. The van der Waals surface area contributed by atoms with Crippen LogP contribution in [0, 0.1) is 6.67 Å². The molecule has 221 valence electrons. The van der Waals surface area contributed by atoms with Crippen LogP contribution in [0.4, 0.5) is 0 Å². The molecule has 6 nitrogen and oxygen atoms in total. The average molecular weight is 544 g/mol. The number of unbranched alkanes of at least 4 members (excludes halogenated alkanes) is 13. The Morgan fingerprint density at radius 3 is 1.90 bits per heavy atom. The molecule has 1 aliphatic rings. The van der Waals surface area contributed by atoms with Crippen LogP contribution in [0.2, 0.25) is 0 Å². The molecule has 1 unspecified atom stereocenters. The number of benzene rings is 1. The van der Waals surface area contributed by atoms with Crippen LogP contribution in [-0.2, 0) is 20.8 Å². The summed E-state index contributed by atoms with van der Waals surface area (Å²) in [5, 5.41) is 0. The molecule has 0 spiro atoms. The van der Waals surface area contributed by atoms with E-state index < -0.39 is 0 Å². The minimum absolute atomic E-state index is 0.201. The van der Waals surface area contributed by atoms with Gasteiger partial charge >= 0.3 is 5.97 Å². The largest absolute Gasteiger partial charge is 0.459 e. The van der Waals surface area contributed by atoms with E-state index >= 15 is 0 Å². The molecule has 0 bridgehead atoms. The van der Waals surface area contributed by atoms with Gasteiger partial charge in [0.05, 0.1) is 12.2 Å². The van der Waals surface area contributed by atoms with Gasteiger partial charge in [0.1, 0.15) is 19.4 Å². The van der Waals surface area contributed by atoms with Crippen molar-refractivity contribution < 1.29 is 19.0 Å². The van der Waals surface area contributed by atoms with Crippen molar-refractivity contribution in [1.82, 2.24) is 9.80 Å². The van der Waals surface area contributed by atoms with Crippen molar-refractivity contribution in [3.05, 3.63) is 54.5 Å². The summed E-state index contributed by atoms with van der Waals surface area (Å²) in [7, 11) is 2.00. The van der Waals surface area contributed by atoms with Gasteiger partial charge in [0, 0.05) is 39.2 Å². The minimum Gasteiger partial charge on any atom is -0.459 e. The van der Waals surface area contributed by atoms with Crippen LogP contribution in [-0.4, -0.2) is 55.3 Å². The number of hydrogen-bond acceptors (Lipinski definition) is 6. The van der Waals surface area contributed by atoms with Gasteiger partial charge in [0.15, 0.2) is 0 Å². The van der Waals surface area contributed by atoms with Crippen molar-refractivity contribution in [2.45, 2.75) is 116 Å². The summed E-state index contributed by atoms with van der Waals surface area (Å²) in [6, 6.07) is 7.58. The minimum atomic E-state index is -0.328. The van der Waals surface area contributed by atoms with Crippen LogP contribution in [0.25, 0.3) is 0 Å². The molecule has 0 aliphatic carbocycles. The van der Waals surface area contributed by atoms with Gasteiger partial charge in [-0.15, -0.1) is 0 Å². The monoisotopic (exact) mass is 543 g/mol. The zero-order chi connectivity index (χ0) is 28.0. The summed E-state index contributed by atoms with van der Waals surface area (Å²) in [4.78, 5) is 16.6. The third kappa shape index (κ3) is 16.0. The highest BCUT2D eigenvalue weighted by molar-refractivity contribution is 5.89. The normalized spacial score (nSPS) is 13.8. The van der Waals surface area contributed by atoms with Gasteiger partial charge in [-0.2, -0.15) is 0 Å². The molecule has 0 fully saturated rings. The first-order chi connectivity index (χ1) is 19.1. The number of hydrogen-bond donors (Lipinski definition) is 0. The highest BCUT2D eigenvalue weighted by Gasteiger charge is 2.15. The fraction of sp³-hybridized carbons (Fsp3) is 0.697. The van der Waals surface area contributed by atoms with Gasteiger partial charge in [-0.05, 0) is 31.0 Å². The zero-order valence-corrected chi connectivity index (χ0v) is 25.1. The number of carbonyl (C=O) groups is 1. The molecule has 1 heterocycles. The quantitative estimate of drug-likeness (QED) is 0.0970. The zero-order valence-electron chi connectivity index (χ0n) is 25.1. The van der Waals surface area contributed by atoms with Crippen molar-refractivity contribution in [3.63, 3.8) is 0 Å². The van der Waals surface area contributed by atoms with Gasteiger partial charge in [-0.25, -0.2) is 4.79 Å². The van der Waals surface area contributed by atoms with Gasteiger partial charge in [0.25, 0.3) is 0 Å². The maximum Gasteiger partial charge on any atom is 0.338 e. The first kappa shape index (κ1) is 33.2. The number of ether oxygens (including phenoxy) is 3. The van der Waals surface area contributed by atoms with Crippen molar-refractivity contribution in [3.8, 4) is 0 Å². The van der Waals surface area contributed by atoms with E-state index in [2.05, 4.69) is 11.8 Å². The highest BCUT2D eigenvalue weighted by atomic mass is 16.6. The van der Waals surface area contributed by atoms with E-state index in [1.54, 1.807) is 0 Å². The molecule has 39 heavy (non-hydrogen) atoms. The molecule has 1 aliphatic heterocycles. The fourth-order valence-corrected chi connectivity index (χ4v) is 4.80. The lowest BCUT2D eigenvalue weighted by molar-refractivity contribution is -0.0465. The van der Waals surface area contributed by atoms with E-state index in [1.807, 2.05) is 62.2 Å². The van der Waals surface area contributed by atoms with Crippen LogP contribution >= 0.6 is 0 Å². The topological polar surface area (TPSA) is 51.2 Å². The van der Waals surface area contributed by atoms with Crippen molar-refractivity contribution in [1.29, 1.82) is 0 Å². The molecule has 1 aromatic rings. The van der Waals surface area contributed by atoms with Crippen LogP contribution in [0.5, 0.6) is 0 Å². The van der Waals surface area contributed by atoms with Crippen molar-refractivity contribution in [2.75, 3.05) is 33.5 Å². The SMILES string of the molecule is CCCCCCCCCCCCCCCCOCC(COC(=O)c1ccc(CN2[CH]N(C)C=C2)cc1)OCC. The summed E-state index contributed by atoms with van der Waals surface area (Å²) in [5.74, 6) is -0.328. The smallest absolute Gasteiger partial charge is 0.338 e. The lowest BCUT2D eigenvalue weighted by Gasteiger charge is -2.18. The predicted molar refractivity (Wildman–Crippen MR) is 160 cm³/mol. The number of rotatable bonds is 24. The predicted octanol–water partition coefficient (Wildman–Crippen LogP) is 8.08.